The molecule has 0 bridgehead atoms. The zero-order chi connectivity index (χ0) is 11.7. The topological polar surface area (TPSA) is 50.2 Å². The smallest absolute Gasteiger partial charge is 0.356 e. The van der Waals surface area contributed by atoms with Crippen LogP contribution in [0.5, 0.6) is 0 Å². The number of carboxylic acids is 1. The van der Waals surface area contributed by atoms with E-state index >= 15 is 0 Å². The molecule has 2 rings (SSSR count). The van der Waals surface area contributed by atoms with Crippen molar-refractivity contribution in [2.45, 2.75) is 0 Å². The van der Waals surface area contributed by atoms with Crippen LogP contribution in [0.4, 0.5) is 8.78 Å². The van der Waals surface area contributed by atoms with Crippen LogP contribution in [-0.2, 0) is 0 Å². The van der Waals surface area contributed by atoms with E-state index < -0.39 is 17.6 Å². The van der Waals surface area contributed by atoms with Gasteiger partial charge in [-0.1, -0.05) is 0 Å². The lowest BCUT2D eigenvalue weighted by Crippen LogP contribution is -1.98. The zero-order valence-corrected chi connectivity index (χ0v) is 8.59. The van der Waals surface area contributed by atoms with Crippen molar-refractivity contribution in [3.8, 4) is 10.4 Å². The zero-order valence-electron chi connectivity index (χ0n) is 7.78. The number of halogens is 2. The number of benzene rings is 1. The molecule has 1 aromatic heterocycles. The van der Waals surface area contributed by atoms with Crippen molar-refractivity contribution in [1.82, 2.24) is 4.98 Å². The van der Waals surface area contributed by atoms with Gasteiger partial charge < -0.3 is 5.11 Å². The molecule has 0 amide bonds. The summed E-state index contributed by atoms with van der Waals surface area (Å²) < 4.78 is 25.9. The third-order valence-electron chi connectivity index (χ3n) is 1.89. The molecular formula is C10H5F2NO2S. The molecule has 2 aromatic rings. The van der Waals surface area contributed by atoms with Crippen LogP contribution in [0.15, 0.2) is 23.7 Å². The second-order valence-electron chi connectivity index (χ2n) is 2.99. The molecule has 1 heterocycles. The van der Waals surface area contributed by atoms with Crippen LogP contribution < -0.4 is 0 Å². The Labute approximate surface area is 93.0 Å². The van der Waals surface area contributed by atoms with Crippen molar-refractivity contribution in [2.75, 3.05) is 0 Å². The summed E-state index contributed by atoms with van der Waals surface area (Å²) in [7, 11) is 0. The van der Waals surface area contributed by atoms with Crippen molar-refractivity contribution in [3.63, 3.8) is 0 Å². The van der Waals surface area contributed by atoms with Crippen molar-refractivity contribution < 1.29 is 18.7 Å². The fraction of sp³-hybridized carbons (Fsp3) is 0. The number of hydrogen-bond acceptors (Lipinski definition) is 3. The maximum atomic E-state index is 12.9. The van der Waals surface area contributed by atoms with E-state index in [-0.39, 0.29) is 16.1 Å². The number of carbonyl (C=O) groups is 1. The van der Waals surface area contributed by atoms with Gasteiger partial charge in [0.05, 0.1) is 10.4 Å². The predicted octanol–water partition coefficient (Wildman–Crippen LogP) is 2.79. The fourth-order valence-electron chi connectivity index (χ4n) is 1.29. The third-order valence-corrected chi connectivity index (χ3v) is 2.77. The minimum atomic E-state index is -1.22. The van der Waals surface area contributed by atoms with E-state index in [0.29, 0.717) is 0 Å². The highest BCUT2D eigenvalue weighted by Gasteiger charge is 2.16. The maximum absolute atomic E-state index is 12.9. The van der Waals surface area contributed by atoms with Gasteiger partial charge in [-0.15, -0.1) is 11.3 Å². The van der Waals surface area contributed by atoms with E-state index in [1.807, 2.05) is 0 Å². The van der Waals surface area contributed by atoms with Gasteiger partial charge in [-0.05, 0) is 17.7 Å². The first-order chi connectivity index (χ1) is 7.58. The van der Waals surface area contributed by atoms with E-state index in [0.717, 1.165) is 29.5 Å². The Morgan fingerprint density at radius 3 is 2.44 bits per heavy atom. The fourth-order valence-corrected chi connectivity index (χ4v) is 2.06. The molecule has 1 N–H and O–H groups in total. The monoisotopic (exact) mass is 241 g/mol. The molecule has 0 radical (unpaired) electrons. The van der Waals surface area contributed by atoms with Crippen LogP contribution in [0.3, 0.4) is 0 Å². The summed E-state index contributed by atoms with van der Waals surface area (Å²) in [6.45, 7) is 0. The Hall–Kier alpha value is -1.82. The van der Waals surface area contributed by atoms with Crippen LogP contribution in [0.1, 0.15) is 10.5 Å². The summed E-state index contributed by atoms with van der Waals surface area (Å²) in [5.41, 5.74) is 1.30. The SMILES string of the molecule is O=C(O)c1ncsc1-c1cc(F)cc(F)c1. The van der Waals surface area contributed by atoms with Crippen molar-refractivity contribution in [3.05, 3.63) is 41.0 Å². The first kappa shape index (κ1) is 10.7. The van der Waals surface area contributed by atoms with Gasteiger partial charge in [0.2, 0.25) is 0 Å². The summed E-state index contributed by atoms with van der Waals surface area (Å²) in [4.78, 5) is 14.6. The molecule has 0 saturated carbocycles. The average Bonchev–Trinajstić information content (AvgIpc) is 2.63. The largest absolute Gasteiger partial charge is 0.476 e. The van der Waals surface area contributed by atoms with Gasteiger partial charge in [0.15, 0.2) is 5.69 Å². The molecule has 0 aliphatic heterocycles. The first-order valence-corrected chi connectivity index (χ1v) is 5.09. The lowest BCUT2D eigenvalue weighted by molar-refractivity contribution is 0.0692. The lowest BCUT2D eigenvalue weighted by Gasteiger charge is -2.00. The van der Waals surface area contributed by atoms with Crippen LogP contribution in [-0.4, -0.2) is 16.1 Å². The number of hydrogen-bond donors (Lipinski definition) is 1. The summed E-state index contributed by atoms with van der Waals surface area (Å²) >= 11 is 1.02. The van der Waals surface area contributed by atoms with E-state index in [4.69, 9.17) is 5.11 Å². The Balaban J connectivity index is 2.58. The standard InChI is InChI=1S/C10H5F2NO2S/c11-6-1-5(2-7(12)3-6)9-8(10(14)15)13-4-16-9/h1-4H,(H,14,15). The molecule has 82 valence electrons. The molecule has 1 aromatic carbocycles. The second-order valence-corrected chi connectivity index (χ2v) is 3.85. The Morgan fingerprint density at radius 2 is 1.88 bits per heavy atom. The maximum Gasteiger partial charge on any atom is 0.356 e. The van der Waals surface area contributed by atoms with Crippen LogP contribution >= 0.6 is 11.3 Å². The molecule has 0 unspecified atom stereocenters. The number of rotatable bonds is 2. The average molecular weight is 241 g/mol. The highest BCUT2D eigenvalue weighted by atomic mass is 32.1. The van der Waals surface area contributed by atoms with Crippen molar-refractivity contribution in [2.24, 2.45) is 0 Å². The Bertz CT molecular complexity index is 533. The van der Waals surface area contributed by atoms with E-state index in [2.05, 4.69) is 4.98 Å². The highest BCUT2D eigenvalue weighted by molar-refractivity contribution is 7.13. The summed E-state index contributed by atoms with van der Waals surface area (Å²) in [6.07, 6.45) is 0. The van der Waals surface area contributed by atoms with Crippen molar-refractivity contribution in [1.29, 1.82) is 0 Å². The number of thiazole rings is 1. The highest BCUT2D eigenvalue weighted by Crippen LogP contribution is 2.28. The molecule has 0 aliphatic carbocycles. The van der Waals surface area contributed by atoms with Crippen LogP contribution in [0, 0.1) is 11.6 Å². The Morgan fingerprint density at radius 1 is 1.25 bits per heavy atom. The number of aromatic carboxylic acids is 1. The molecule has 16 heavy (non-hydrogen) atoms. The number of nitrogens with zero attached hydrogens (tertiary/aromatic N) is 1. The predicted molar refractivity (Wildman–Crippen MR) is 54.4 cm³/mol. The lowest BCUT2D eigenvalue weighted by atomic mass is 10.1. The van der Waals surface area contributed by atoms with Gasteiger partial charge in [-0.2, -0.15) is 0 Å². The first-order valence-electron chi connectivity index (χ1n) is 4.21. The van der Waals surface area contributed by atoms with Crippen LogP contribution in [0.2, 0.25) is 0 Å². The summed E-state index contributed by atoms with van der Waals surface area (Å²) in [5.74, 6) is -2.72. The van der Waals surface area contributed by atoms with Gasteiger partial charge in [0.25, 0.3) is 0 Å². The third kappa shape index (κ3) is 1.92. The van der Waals surface area contributed by atoms with E-state index in [1.54, 1.807) is 0 Å². The summed E-state index contributed by atoms with van der Waals surface area (Å²) in [6, 6.07) is 2.87. The molecule has 0 fully saturated rings. The normalized spacial score (nSPS) is 10.4. The van der Waals surface area contributed by atoms with Gasteiger partial charge in [-0.3, -0.25) is 0 Å². The van der Waals surface area contributed by atoms with Crippen LogP contribution in [0.25, 0.3) is 10.4 Å². The minimum Gasteiger partial charge on any atom is -0.476 e. The molecule has 0 aliphatic rings. The van der Waals surface area contributed by atoms with Crippen molar-refractivity contribution >= 4 is 17.3 Å². The van der Waals surface area contributed by atoms with Gasteiger partial charge >= 0.3 is 5.97 Å². The minimum absolute atomic E-state index is 0.178. The van der Waals surface area contributed by atoms with E-state index in [9.17, 15) is 13.6 Å². The number of aromatic nitrogens is 1. The molecule has 0 saturated heterocycles. The summed E-state index contributed by atoms with van der Waals surface area (Å²) in [5, 5.41) is 8.81. The van der Waals surface area contributed by atoms with E-state index in [1.165, 1.54) is 5.51 Å². The molecular weight excluding hydrogens is 236 g/mol. The molecule has 0 spiro atoms. The second kappa shape index (κ2) is 3.97. The Kier molecular flexibility index (Phi) is 2.66. The van der Waals surface area contributed by atoms with Gasteiger partial charge in [-0.25, -0.2) is 18.6 Å². The molecule has 6 heteroatoms. The quantitative estimate of drug-likeness (QED) is 0.879. The number of carboxylic acid groups (broad SMARTS) is 1. The molecule has 0 atom stereocenters. The van der Waals surface area contributed by atoms with Gasteiger partial charge in [0.1, 0.15) is 11.6 Å². The molecule has 3 nitrogen and oxygen atoms in total. The van der Waals surface area contributed by atoms with Gasteiger partial charge in [0, 0.05) is 6.07 Å².